The smallest absolute Gasteiger partial charge is 0.191 e. The van der Waals surface area contributed by atoms with Crippen molar-refractivity contribution in [2.45, 2.75) is 26.3 Å². The van der Waals surface area contributed by atoms with Crippen LogP contribution in [0, 0.1) is 11.8 Å². The summed E-state index contributed by atoms with van der Waals surface area (Å²) in [7, 11) is 0. The van der Waals surface area contributed by atoms with Gasteiger partial charge in [0, 0.05) is 13.1 Å². The third-order valence-electron chi connectivity index (χ3n) is 3.29. The average molecular weight is 211 g/mol. The standard InChI is InChI=1S/C11H21N3O/c1-8(2)9-7-10(9)13-11(12)14-3-5-15-6-4-14/h8-10H,3-7H2,1-2H3,(H2,12,13)/t9-,10+/m0/s1. The second kappa shape index (κ2) is 4.39. The molecule has 0 unspecified atom stereocenters. The lowest BCUT2D eigenvalue weighted by atomic mass is 10.1. The van der Waals surface area contributed by atoms with Crippen molar-refractivity contribution in [3.63, 3.8) is 0 Å². The van der Waals surface area contributed by atoms with E-state index in [2.05, 4.69) is 23.7 Å². The van der Waals surface area contributed by atoms with Gasteiger partial charge in [-0.2, -0.15) is 0 Å². The third kappa shape index (κ3) is 2.62. The van der Waals surface area contributed by atoms with Gasteiger partial charge in [-0.05, 0) is 18.3 Å². The minimum absolute atomic E-state index is 0.479. The fraction of sp³-hybridized carbons (Fsp3) is 0.909. The first-order valence-electron chi connectivity index (χ1n) is 5.84. The molecule has 1 heterocycles. The van der Waals surface area contributed by atoms with Crippen molar-refractivity contribution in [3.05, 3.63) is 0 Å². The molecule has 1 saturated carbocycles. The van der Waals surface area contributed by atoms with E-state index in [0.717, 1.165) is 38.1 Å². The Labute approximate surface area is 91.5 Å². The largest absolute Gasteiger partial charge is 0.378 e. The summed E-state index contributed by atoms with van der Waals surface area (Å²) in [5.74, 6) is 2.20. The first-order chi connectivity index (χ1) is 7.18. The molecule has 86 valence electrons. The van der Waals surface area contributed by atoms with E-state index in [1.165, 1.54) is 6.42 Å². The van der Waals surface area contributed by atoms with Crippen molar-refractivity contribution in [2.75, 3.05) is 26.3 Å². The zero-order valence-corrected chi connectivity index (χ0v) is 9.65. The zero-order chi connectivity index (χ0) is 10.8. The normalized spacial score (nSPS) is 32.2. The molecule has 0 aromatic heterocycles. The van der Waals surface area contributed by atoms with Gasteiger partial charge >= 0.3 is 0 Å². The van der Waals surface area contributed by atoms with Crippen LogP contribution in [-0.4, -0.2) is 43.2 Å². The lowest BCUT2D eigenvalue weighted by Gasteiger charge is -2.27. The van der Waals surface area contributed by atoms with Gasteiger partial charge in [0.15, 0.2) is 5.96 Å². The fourth-order valence-corrected chi connectivity index (χ4v) is 2.11. The van der Waals surface area contributed by atoms with Gasteiger partial charge < -0.3 is 15.4 Å². The molecule has 2 rings (SSSR count). The molecule has 0 bridgehead atoms. The molecule has 2 N–H and O–H groups in total. The second-order valence-corrected chi connectivity index (χ2v) is 4.80. The predicted molar refractivity (Wildman–Crippen MR) is 60.7 cm³/mol. The molecule has 1 saturated heterocycles. The molecule has 0 amide bonds. The maximum atomic E-state index is 5.97. The molecule has 0 aromatic carbocycles. The Bertz CT molecular complexity index is 246. The van der Waals surface area contributed by atoms with Crippen LogP contribution in [0.1, 0.15) is 20.3 Å². The highest BCUT2D eigenvalue weighted by Crippen LogP contribution is 2.39. The summed E-state index contributed by atoms with van der Waals surface area (Å²) < 4.78 is 5.28. The number of nitrogens with two attached hydrogens (primary N) is 1. The quantitative estimate of drug-likeness (QED) is 0.540. The molecule has 15 heavy (non-hydrogen) atoms. The van der Waals surface area contributed by atoms with Gasteiger partial charge in [0.1, 0.15) is 0 Å². The molecular formula is C11H21N3O. The SMILES string of the molecule is CC(C)[C@@H]1C[C@H]1N=C(N)N1CCOCC1. The lowest BCUT2D eigenvalue weighted by Crippen LogP contribution is -2.45. The van der Waals surface area contributed by atoms with Crippen molar-refractivity contribution >= 4 is 5.96 Å². The minimum Gasteiger partial charge on any atom is -0.378 e. The maximum Gasteiger partial charge on any atom is 0.191 e. The number of nitrogens with zero attached hydrogens (tertiary/aromatic N) is 2. The summed E-state index contributed by atoms with van der Waals surface area (Å²) >= 11 is 0. The van der Waals surface area contributed by atoms with Crippen LogP contribution in [0.5, 0.6) is 0 Å². The molecule has 2 atom stereocenters. The van der Waals surface area contributed by atoms with Crippen LogP contribution in [-0.2, 0) is 4.74 Å². The van der Waals surface area contributed by atoms with Gasteiger partial charge in [0.05, 0.1) is 19.3 Å². The Morgan fingerprint density at radius 2 is 2.07 bits per heavy atom. The minimum atomic E-state index is 0.479. The molecule has 0 aromatic rings. The molecule has 2 aliphatic rings. The zero-order valence-electron chi connectivity index (χ0n) is 9.65. The molecule has 1 aliphatic heterocycles. The van der Waals surface area contributed by atoms with Gasteiger partial charge in [-0.15, -0.1) is 0 Å². The molecule has 0 spiro atoms. The second-order valence-electron chi connectivity index (χ2n) is 4.80. The summed E-state index contributed by atoms with van der Waals surface area (Å²) in [6, 6.07) is 0.479. The fourth-order valence-electron chi connectivity index (χ4n) is 2.11. The van der Waals surface area contributed by atoms with Crippen molar-refractivity contribution < 1.29 is 4.74 Å². The highest BCUT2D eigenvalue weighted by molar-refractivity contribution is 5.78. The van der Waals surface area contributed by atoms with Gasteiger partial charge in [-0.3, -0.25) is 0 Å². The maximum absolute atomic E-state index is 5.97. The topological polar surface area (TPSA) is 50.8 Å². The van der Waals surface area contributed by atoms with E-state index in [0.29, 0.717) is 12.0 Å². The van der Waals surface area contributed by atoms with Crippen molar-refractivity contribution in [1.29, 1.82) is 0 Å². The van der Waals surface area contributed by atoms with Crippen LogP contribution in [0.15, 0.2) is 4.99 Å². The van der Waals surface area contributed by atoms with Crippen LogP contribution >= 0.6 is 0 Å². The molecule has 2 fully saturated rings. The van der Waals surface area contributed by atoms with Crippen molar-refractivity contribution in [2.24, 2.45) is 22.6 Å². The van der Waals surface area contributed by atoms with Crippen LogP contribution < -0.4 is 5.73 Å². The predicted octanol–water partition coefficient (Wildman–Crippen LogP) is 0.678. The number of hydrogen-bond acceptors (Lipinski definition) is 2. The summed E-state index contributed by atoms with van der Waals surface area (Å²) in [5.41, 5.74) is 5.97. The van der Waals surface area contributed by atoms with E-state index >= 15 is 0 Å². The Kier molecular flexibility index (Phi) is 3.14. The number of guanidine groups is 1. The van der Waals surface area contributed by atoms with Gasteiger partial charge in [0.25, 0.3) is 0 Å². The van der Waals surface area contributed by atoms with Crippen LogP contribution in [0.25, 0.3) is 0 Å². The summed E-state index contributed by atoms with van der Waals surface area (Å²) in [6.07, 6.45) is 1.21. The monoisotopic (exact) mass is 211 g/mol. The van der Waals surface area contributed by atoms with E-state index in [-0.39, 0.29) is 0 Å². The van der Waals surface area contributed by atoms with E-state index < -0.39 is 0 Å². The Morgan fingerprint density at radius 1 is 1.40 bits per heavy atom. The van der Waals surface area contributed by atoms with E-state index in [4.69, 9.17) is 10.5 Å². The molecule has 1 aliphatic carbocycles. The molecule has 0 radical (unpaired) electrons. The van der Waals surface area contributed by atoms with Crippen LogP contribution in [0.3, 0.4) is 0 Å². The Balaban J connectivity index is 1.85. The first-order valence-corrected chi connectivity index (χ1v) is 5.84. The average Bonchev–Trinajstić information content (AvgIpc) is 2.98. The van der Waals surface area contributed by atoms with Crippen molar-refractivity contribution in [3.8, 4) is 0 Å². The highest BCUT2D eigenvalue weighted by Gasteiger charge is 2.39. The van der Waals surface area contributed by atoms with Crippen LogP contribution in [0.4, 0.5) is 0 Å². The number of ether oxygens (including phenoxy) is 1. The number of rotatable bonds is 2. The molecular weight excluding hydrogens is 190 g/mol. The summed E-state index contributed by atoms with van der Waals surface area (Å²) in [6.45, 7) is 7.82. The summed E-state index contributed by atoms with van der Waals surface area (Å²) in [4.78, 5) is 6.70. The highest BCUT2D eigenvalue weighted by atomic mass is 16.5. The first kappa shape index (κ1) is 10.7. The lowest BCUT2D eigenvalue weighted by molar-refractivity contribution is 0.0674. The third-order valence-corrected chi connectivity index (χ3v) is 3.29. The van der Waals surface area contributed by atoms with E-state index in [1.807, 2.05) is 0 Å². The van der Waals surface area contributed by atoms with Gasteiger partial charge in [-0.25, -0.2) is 4.99 Å². The number of hydrogen-bond donors (Lipinski definition) is 1. The van der Waals surface area contributed by atoms with E-state index in [9.17, 15) is 0 Å². The van der Waals surface area contributed by atoms with Gasteiger partial charge in [0.2, 0.25) is 0 Å². The summed E-state index contributed by atoms with van der Waals surface area (Å²) in [5, 5.41) is 0. The number of morpholine rings is 1. The van der Waals surface area contributed by atoms with Crippen LogP contribution in [0.2, 0.25) is 0 Å². The van der Waals surface area contributed by atoms with Crippen molar-refractivity contribution in [1.82, 2.24) is 4.90 Å². The molecule has 4 heteroatoms. The van der Waals surface area contributed by atoms with Gasteiger partial charge in [-0.1, -0.05) is 13.8 Å². The molecule has 4 nitrogen and oxygen atoms in total. The Morgan fingerprint density at radius 3 is 2.60 bits per heavy atom. The van der Waals surface area contributed by atoms with E-state index in [1.54, 1.807) is 0 Å². The Hall–Kier alpha value is -0.770. The number of aliphatic imine (C=N–C) groups is 1.